The minimum Gasteiger partial charge on any atom is -0.250 e. The standard InChI is InChI=1S/C10H8ClN2/c11-10(13-8-4-7-12-13)9-5-2-1-3-6-9/h1-6,8,10H. The number of halogens is 1. The lowest BCUT2D eigenvalue weighted by molar-refractivity contribution is 0.660. The topological polar surface area (TPSA) is 17.8 Å². The molecule has 1 unspecified atom stereocenters. The summed E-state index contributed by atoms with van der Waals surface area (Å²) in [4.78, 5) is 0. The number of nitrogens with zero attached hydrogens (tertiary/aromatic N) is 2. The zero-order chi connectivity index (χ0) is 9.10. The fraction of sp³-hybridized carbons (Fsp3) is 0.100. The van der Waals surface area contributed by atoms with Crippen molar-refractivity contribution in [3.05, 3.63) is 54.4 Å². The fourth-order valence-electron chi connectivity index (χ4n) is 1.13. The molecule has 0 amide bonds. The van der Waals surface area contributed by atoms with E-state index >= 15 is 0 Å². The summed E-state index contributed by atoms with van der Waals surface area (Å²) < 4.78 is 1.66. The molecule has 0 aliphatic heterocycles. The van der Waals surface area contributed by atoms with Crippen LogP contribution in [-0.2, 0) is 0 Å². The molecule has 0 aliphatic rings. The highest BCUT2D eigenvalue weighted by atomic mass is 35.5. The Balaban J connectivity index is 2.29. The molecule has 1 atom stereocenters. The van der Waals surface area contributed by atoms with E-state index in [1.165, 1.54) is 0 Å². The molecule has 2 aromatic rings. The van der Waals surface area contributed by atoms with Crippen molar-refractivity contribution in [1.82, 2.24) is 9.78 Å². The Kier molecular flexibility index (Phi) is 2.32. The molecule has 65 valence electrons. The van der Waals surface area contributed by atoms with Crippen LogP contribution >= 0.6 is 11.6 Å². The maximum atomic E-state index is 6.15. The molecule has 1 aromatic heterocycles. The Hall–Kier alpha value is -1.28. The van der Waals surface area contributed by atoms with Gasteiger partial charge in [-0.15, -0.1) is 0 Å². The summed E-state index contributed by atoms with van der Waals surface area (Å²) in [6.45, 7) is 0. The van der Waals surface area contributed by atoms with Crippen molar-refractivity contribution in [2.75, 3.05) is 0 Å². The van der Waals surface area contributed by atoms with Gasteiger partial charge in [-0.05, 0) is 11.6 Å². The minimum absolute atomic E-state index is 0.243. The van der Waals surface area contributed by atoms with Crippen LogP contribution < -0.4 is 0 Å². The highest BCUT2D eigenvalue weighted by Gasteiger charge is 2.08. The van der Waals surface area contributed by atoms with Crippen molar-refractivity contribution in [1.29, 1.82) is 0 Å². The molecule has 0 bridgehead atoms. The normalized spacial score (nSPS) is 12.7. The van der Waals surface area contributed by atoms with Crippen LogP contribution in [0.2, 0.25) is 0 Å². The SMILES string of the molecule is ClC(c1ccccc1)n1cc[c]n1. The molecule has 13 heavy (non-hydrogen) atoms. The van der Waals surface area contributed by atoms with Gasteiger partial charge in [0, 0.05) is 6.20 Å². The summed E-state index contributed by atoms with van der Waals surface area (Å²) in [7, 11) is 0. The molecule has 0 fully saturated rings. The Bertz CT molecular complexity index is 356. The van der Waals surface area contributed by atoms with Gasteiger partial charge in [0.25, 0.3) is 0 Å². The van der Waals surface area contributed by atoms with Crippen molar-refractivity contribution in [3.8, 4) is 0 Å². The predicted molar refractivity (Wildman–Crippen MR) is 51.5 cm³/mol. The van der Waals surface area contributed by atoms with Gasteiger partial charge in [-0.2, -0.15) is 5.10 Å². The van der Waals surface area contributed by atoms with Gasteiger partial charge in [0.15, 0.2) is 5.50 Å². The first kappa shape index (κ1) is 8.32. The third kappa shape index (κ3) is 1.73. The molecule has 2 nitrogen and oxygen atoms in total. The Labute approximate surface area is 81.8 Å². The van der Waals surface area contributed by atoms with Crippen molar-refractivity contribution in [3.63, 3.8) is 0 Å². The van der Waals surface area contributed by atoms with Gasteiger partial charge < -0.3 is 0 Å². The summed E-state index contributed by atoms with van der Waals surface area (Å²) >= 11 is 6.15. The van der Waals surface area contributed by atoms with Crippen LogP contribution in [0.4, 0.5) is 0 Å². The van der Waals surface area contributed by atoms with E-state index in [9.17, 15) is 0 Å². The molecular formula is C10H8ClN2. The highest BCUT2D eigenvalue weighted by molar-refractivity contribution is 6.20. The van der Waals surface area contributed by atoms with Crippen LogP contribution in [0.1, 0.15) is 11.1 Å². The van der Waals surface area contributed by atoms with Crippen LogP contribution in [0.5, 0.6) is 0 Å². The summed E-state index contributed by atoms with van der Waals surface area (Å²) in [5.74, 6) is 0. The monoisotopic (exact) mass is 191 g/mol. The van der Waals surface area contributed by atoms with E-state index in [1.54, 1.807) is 16.9 Å². The number of aromatic nitrogens is 2. The average molecular weight is 192 g/mol. The summed E-state index contributed by atoms with van der Waals surface area (Å²) in [6.07, 6.45) is 4.51. The first-order valence-electron chi connectivity index (χ1n) is 3.98. The van der Waals surface area contributed by atoms with Crippen molar-refractivity contribution in [2.24, 2.45) is 0 Å². The van der Waals surface area contributed by atoms with Gasteiger partial charge in [-0.1, -0.05) is 41.9 Å². The zero-order valence-electron chi connectivity index (χ0n) is 6.89. The maximum Gasteiger partial charge on any atom is 0.150 e. The number of rotatable bonds is 2. The van der Waals surface area contributed by atoms with Crippen LogP contribution in [0.25, 0.3) is 0 Å². The number of benzene rings is 1. The molecule has 0 saturated heterocycles. The molecule has 0 saturated carbocycles. The van der Waals surface area contributed by atoms with Crippen molar-refractivity contribution in [2.45, 2.75) is 5.50 Å². The van der Waals surface area contributed by atoms with E-state index in [-0.39, 0.29) is 5.50 Å². The third-order valence-corrected chi connectivity index (χ3v) is 2.23. The predicted octanol–water partition coefficient (Wildman–Crippen LogP) is 2.47. The van der Waals surface area contributed by atoms with Gasteiger partial charge >= 0.3 is 0 Å². The van der Waals surface area contributed by atoms with Gasteiger partial charge in [0.1, 0.15) is 6.20 Å². The molecule has 1 radical (unpaired) electrons. The van der Waals surface area contributed by atoms with E-state index in [1.807, 2.05) is 30.3 Å². The Morgan fingerprint density at radius 1 is 1.31 bits per heavy atom. The minimum atomic E-state index is -0.243. The first-order valence-corrected chi connectivity index (χ1v) is 4.42. The number of hydrogen-bond acceptors (Lipinski definition) is 1. The van der Waals surface area contributed by atoms with Crippen LogP contribution in [-0.4, -0.2) is 9.78 Å². The lowest BCUT2D eigenvalue weighted by Gasteiger charge is -2.09. The summed E-state index contributed by atoms with van der Waals surface area (Å²) in [5, 5.41) is 3.95. The second-order valence-electron chi connectivity index (χ2n) is 2.67. The van der Waals surface area contributed by atoms with E-state index in [2.05, 4.69) is 11.3 Å². The van der Waals surface area contributed by atoms with Crippen LogP contribution in [0.3, 0.4) is 0 Å². The Morgan fingerprint density at radius 3 is 2.69 bits per heavy atom. The summed E-state index contributed by atoms with van der Waals surface area (Å²) in [6, 6.07) is 11.6. The van der Waals surface area contributed by atoms with Gasteiger partial charge in [0.05, 0.1) is 0 Å². The van der Waals surface area contributed by atoms with E-state index in [0.29, 0.717) is 0 Å². The molecule has 3 heteroatoms. The van der Waals surface area contributed by atoms with Gasteiger partial charge in [-0.3, -0.25) is 0 Å². The van der Waals surface area contributed by atoms with Crippen LogP contribution in [0.15, 0.2) is 42.6 Å². The van der Waals surface area contributed by atoms with E-state index < -0.39 is 0 Å². The molecule has 1 aromatic carbocycles. The quantitative estimate of drug-likeness (QED) is 0.667. The molecule has 0 aliphatic carbocycles. The van der Waals surface area contributed by atoms with Crippen molar-refractivity contribution < 1.29 is 0 Å². The van der Waals surface area contributed by atoms with Gasteiger partial charge in [-0.25, -0.2) is 4.68 Å². The number of hydrogen-bond donors (Lipinski definition) is 0. The summed E-state index contributed by atoms with van der Waals surface area (Å²) in [5.41, 5.74) is 0.786. The van der Waals surface area contributed by atoms with Gasteiger partial charge in [0.2, 0.25) is 0 Å². The maximum absolute atomic E-state index is 6.15. The molecule has 1 heterocycles. The molecule has 0 spiro atoms. The number of alkyl halides is 1. The molecule has 0 N–H and O–H groups in total. The highest BCUT2D eigenvalue weighted by Crippen LogP contribution is 2.20. The largest absolute Gasteiger partial charge is 0.250 e. The third-order valence-electron chi connectivity index (χ3n) is 1.78. The molecular weight excluding hydrogens is 184 g/mol. The second kappa shape index (κ2) is 3.62. The lowest BCUT2D eigenvalue weighted by Crippen LogP contribution is -2.04. The smallest absolute Gasteiger partial charge is 0.150 e. The second-order valence-corrected chi connectivity index (χ2v) is 3.08. The average Bonchev–Trinajstić information content (AvgIpc) is 2.71. The van der Waals surface area contributed by atoms with Crippen molar-refractivity contribution >= 4 is 11.6 Å². The fourth-order valence-corrected chi connectivity index (χ4v) is 1.39. The Morgan fingerprint density at radius 2 is 2.08 bits per heavy atom. The van der Waals surface area contributed by atoms with E-state index in [0.717, 1.165) is 5.56 Å². The van der Waals surface area contributed by atoms with Crippen LogP contribution in [0, 0.1) is 6.20 Å². The molecule has 2 rings (SSSR count). The lowest BCUT2D eigenvalue weighted by atomic mass is 10.2. The zero-order valence-corrected chi connectivity index (χ0v) is 7.65. The first-order chi connectivity index (χ1) is 6.38. The van der Waals surface area contributed by atoms with E-state index in [4.69, 9.17) is 11.6 Å².